The van der Waals surface area contributed by atoms with E-state index in [1.807, 2.05) is 43.3 Å². The molecular weight excluding hydrogens is 462 g/mol. The number of fused-ring (bicyclic) bond motifs is 1. The van der Waals surface area contributed by atoms with Gasteiger partial charge in [-0.1, -0.05) is 33.6 Å². The predicted molar refractivity (Wildman–Crippen MR) is 127 cm³/mol. The molecule has 7 heteroatoms. The fraction of sp³-hybridized carbons (Fsp3) is 0.217. The number of hydrogen-bond acceptors (Lipinski definition) is 3. The molecule has 5 nitrogen and oxygen atoms in total. The molecule has 0 atom stereocenters. The number of aryl methyl sites for hydroxylation is 1. The Labute approximate surface area is 189 Å². The van der Waals surface area contributed by atoms with Gasteiger partial charge in [-0.3, -0.25) is 9.69 Å². The highest BCUT2D eigenvalue weighted by molar-refractivity contribution is 9.10. The SMILES string of the molecule is CCN1C(=O)/C(=C/c2cn(CCOc3ccc(C)cc3)c3ccc(Br)cc23)NC1=S. The number of benzene rings is 2. The lowest BCUT2D eigenvalue weighted by Gasteiger charge is -2.08. The monoisotopic (exact) mass is 483 g/mol. The van der Waals surface area contributed by atoms with Crippen molar-refractivity contribution in [2.75, 3.05) is 13.2 Å². The van der Waals surface area contributed by atoms with Gasteiger partial charge in [-0.25, -0.2) is 0 Å². The second-order valence-corrected chi connectivity index (χ2v) is 8.44. The van der Waals surface area contributed by atoms with E-state index in [-0.39, 0.29) is 5.91 Å². The Kier molecular flexibility index (Phi) is 5.92. The Morgan fingerprint density at radius 2 is 1.97 bits per heavy atom. The number of amides is 1. The minimum atomic E-state index is -0.0962. The van der Waals surface area contributed by atoms with Crippen molar-refractivity contribution in [3.05, 3.63) is 70.0 Å². The third kappa shape index (κ3) is 4.13. The summed E-state index contributed by atoms with van der Waals surface area (Å²) in [5, 5.41) is 4.54. The number of carbonyl (C=O) groups excluding carboxylic acids is 1. The lowest BCUT2D eigenvalue weighted by molar-refractivity contribution is -0.122. The maximum Gasteiger partial charge on any atom is 0.276 e. The molecule has 154 valence electrons. The molecule has 4 rings (SSSR count). The van der Waals surface area contributed by atoms with Crippen molar-refractivity contribution >= 4 is 56.1 Å². The summed E-state index contributed by atoms with van der Waals surface area (Å²) in [6, 6.07) is 14.2. The number of nitrogens with one attached hydrogen (secondary N) is 1. The molecule has 1 aliphatic heterocycles. The molecule has 1 amide bonds. The molecule has 2 aromatic carbocycles. The van der Waals surface area contributed by atoms with Crippen LogP contribution in [0, 0.1) is 6.92 Å². The van der Waals surface area contributed by atoms with Crippen molar-refractivity contribution in [3.63, 3.8) is 0 Å². The van der Waals surface area contributed by atoms with Crippen LogP contribution in [0.4, 0.5) is 0 Å². The Morgan fingerprint density at radius 1 is 1.20 bits per heavy atom. The van der Waals surface area contributed by atoms with E-state index in [2.05, 4.69) is 51.1 Å². The second kappa shape index (κ2) is 8.62. The molecule has 0 radical (unpaired) electrons. The molecule has 30 heavy (non-hydrogen) atoms. The van der Waals surface area contributed by atoms with E-state index in [1.165, 1.54) is 5.56 Å². The summed E-state index contributed by atoms with van der Waals surface area (Å²) in [6.07, 6.45) is 3.92. The van der Waals surface area contributed by atoms with Gasteiger partial charge in [-0.15, -0.1) is 0 Å². The normalized spacial score (nSPS) is 15.3. The molecule has 2 heterocycles. The number of aromatic nitrogens is 1. The van der Waals surface area contributed by atoms with Crippen LogP contribution in [0.5, 0.6) is 5.75 Å². The van der Waals surface area contributed by atoms with E-state index >= 15 is 0 Å². The van der Waals surface area contributed by atoms with Crippen LogP contribution in [-0.2, 0) is 11.3 Å². The van der Waals surface area contributed by atoms with E-state index in [9.17, 15) is 4.79 Å². The van der Waals surface area contributed by atoms with E-state index in [1.54, 1.807) is 4.90 Å². The summed E-state index contributed by atoms with van der Waals surface area (Å²) < 4.78 is 9.04. The fourth-order valence-corrected chi connectivity index (χ4v) is 4.19. The van der Waals surface area contributed by atoms with Gasteiger partial charge in [0.2, 0.25) is 0 Å². The van der Waals surface area contributed by atoms with Crippen LogP contribution in [0.2, 0.25) is 0 Å². The number of carbonyl (C=O) groups is 1. The van der Waals surface area contributed by atoms with Gasteiger partial charge in [-0.2, -0.15) is 0 Å². The number of hydrogen-bond donors (Lipinski definition) is 1. The first-order valence-corrected chi connectivity index (χ1v) is 11.0. The third-order valence-corrected chi connectivity index (χ3v) is 5.89. The van der Waals surface area contributed by atoms with Crippen molar-refractivity contribution < 1.29 is 9.53 Å². The van der Waals surface area contributed by atoms with Gasteiger partial charge in [0.15, 0.2) is 5.11 Å². The van der Waals surface area contributed by atoms with Crippen LogP contribution in [-0.4, -0.2) is 33.6 Å². The van der Waals surface area contributed by atoms with Gasteiger partial charge >= 0.3 is 0 Å². The zero-order chi connectivity index (χ0) is 21.3. The smallest absolute Gasteiger partial charge is 0.276 e. The largest absolute Gasteiger partial charge is 0.492 e. The number of likely N-dealkylation sites (N-methyl/N-ethyl adjacent to an activating group) is 1. The van der Waals surface area contributed by atoms with Crippen LogP contribution in [0.15, 0.2) is 58.8 Å². The van der Waals surface area contributed by atoms with Crippen molar-refractivity contribution in [1.82, 2.24) is 14.8 Å². The Bertz CT molecular complexity index is 1150. The highest BCUT2D eigenvalue weighted by Crippen LogP contribution is 2.28. The van der Waals surface area contributed by atoms with Crippen LogP contribution in [0.1, 0.15) is 18.1 Å². The quantitative estimate of drug-likeness (QED) is 0.401. The first-order valence-electron chi connectivity index (χ1n) is 9.78. The lowest BCUT2D eigenvalue weighted by Crippen LogP contribution is -2.30. The zero-order valence-electron chi connectivity index (χ0n) is 16.8. The molecule has 3 aromatic rings. The molecule has 1 fully saturated rings. The molecule has 1 aromatic heterocycles. The van der Waals surface area contributed by atoms with Gasteiger partial charge < -0.3 is 14.6 Å². The fourth-order valence-electron chi connectivity index (χ4n) is 3.51. The summed E-state index contributed by atoms with van der Waals surface area (Å²) in [4.78, 5) is 14.1. The summed E-state index contributed by atoms with van der Waals surface area (Å²) >= 11 is 8.82. The van der Waals surface area contributed by atoms with E-state index in [0.717, 1.165) is 26.7 Å². The van der Waals surface area contributed by atoms with E-state index in [0.29, 0.717) is 30.5 Å². The summed E-state index contributed by atoms with van der Waals surface area (Å²) in [5.74, 6) is 0.761. The van der Waals surface area contributed by atoms with Crippen LogP contribution in [0.25, 0.3) is 17.0 Å². The molecule has 1 N–H and O–H groups in total. The molecule has 0 saturated carbocycles. The van der Waals surface area contributed by atoms with Crippen LogP contribution >= 0.6 is 28.1 Å². The van der Waals surface area contributed by atoms with Crippen molar-refractivity contribution in [2.45, 2.75) is 20.4 Å². The zero-order valence-corrected chi connectivity index (χ0v) is 19.2. The maximum atomic E-state index is 12.6. The maximum absolute atomic E-state index is 12.6. The second-order valence-electron chi connectivity index (χ2n) is 7.14. The Hall–Kier alpha value is -2.64. The van der Waals surface area contributed by atoms with E-state index in [4.69, 9.17) is 17.0 Å². The third-order valence-electron chi connectivity index (χ3n) is 5.07. The topological polar surface area (TPSA) is 46.5 Å². The highest BCUT2D eigenvalue weighted by atomic mass is 79.9. The van der Waals surface area contributed by atoms with Gasteiger partial charge in [0.1, 0.15) is 18.1 Å². The molecule has 0 aliphatic carbocycles. The van der Waals surface area contributed by atoms with Crippen molar-refractivity contribution in [1.29, 1.82) is 0 Å². The van der Waals surface area contributed by atoms with Gasteiger partial charge in [0.05, 0.1) is 6.54 Å². The van der Waals surface area contributed by atoms with Gasteiger partial charge in [0, 0.05) is 33.7 Å². The Morgan fingerprint density at radius 3 is 2.67 bits per heavy atom. The van der Waals surface area contributed by atoms with E-state index < -0.39 is 0 Å². The van der Waals surface area contributed by atoms with Crippen LogP contribution < -0.4 is 10.1 Å². The summed E-state index contributed by atoms with van der Waals surface area (Å²) in [6.45, 7) is 5.75. The molecular formula is C23H22BrN3O2S. The molecule has 1 aliphatic rings. The molecule has 0 bridgehead atoms. The number of nitrogens with zero attached hydrogens (tertiary/aromatic N) is 2. The first kappa shape index (κ1) is 20.6. The average Bonchev–Trinajstić information content (AvgIpc) is 3.19. The summed E-state index contributed by atoms with van der Waals surface area (Å²) in [7, 11) is 0. The molecule has 1 saturated heterocycles. The first-order chi connectivity index (χ1) is 14.5. The minimum absolute atomic E-state index is 0.0962. The van der Waals surface area contributed by atoms with Crippen molar-refractivity contribution in [2.24, 2.45) is 0 Å². The molecule has 0 unspecified atom stereocenters. The molecule has 0 spiro atoms. The highest BCUT2D eigenvalue weighted by Gasteiger charge is 2.29. The number of thiocarbonyl (C=S) groups is 1. The average molecular weight is 484 g/mol. The van der Waals surface area contributed by atoms with Crippen LogP contribution in [0.3, 0.4) is 0 Å². The number of ether oxygens (including phenoxy) is 1. The number of halogens is 1. The van der Waals surface area contributed by atoms with Gasteiger partial charge in [0.25, 0.3) is 5.91 Å². The van der Waals surface area contributed by atoms with Crippen molar-refractivity contribution in [3.8, 4) is 5.75 Å². The standard InChI is InChI=1S/C23H22BrN3O2S/c1-3-27-22(28)20(25-23(27)30)12-16-14-26(21-9-6-17(24)13-19(16)21)10-11-29-18-7-4-15(2)5-8-18/h4-9,12-14H,3,10-11H2,1-2H3,(H,25,30)/b20-12-. The Balaban J connectivity index is 1.60. The minimum Gasteiger partial charge on any atom is -0.492 e. The predicted octanol–water partition coefficient (Wildman–Crippen LogP) is 4.87. The number of rotatable bonds is 6. The summed E-state index contributed by atoms with van der Waals surface area (Å²) in [5.41, 5.74) is 3.74. The lowest BCUT2D eigenvalue weighted by atomic mass is 10.1. The van der Waals surface area contributed by atoms with Gasteiger partial charge in [-0.05, 0) is 62.5 Å².